The molecule has 2 aliphatic rings. The molecule has 5 amide bonds. The molecule has 2 saturated heterocycles. The van der Waals surface area contributed by atoms with Crippen LogP contribution in [0.25, 0.3) is 17.1 Å². The Labute approximate surface area is 465 Å². The first kappa shape index (κ1) is 59.0. The van der Waals surface area contributed by atoms with Gasteiger partial charge in [-0.3, -0.25) is 44.3 Å². The van der Waals surface area contributed by atoms with Crippen molar-refractivity contribution in [3.8, 4) is 51.6 Å². The van der Waals surface area contributed by atoms with Crippen molar-refractivity contribution in [2.45, 2.75) is 117 Å². The minimum absolute atomic E-state index is 0.0180. The largest absolute Gasteiger partial charge is 0.508 e. The first-order chi connectivity index (χ1) is 38.3. The molecule has 80 heavy (non-hydrogen) atoms. The smallest absolute Gasteiger partial charge is 0.289 e. The van der Waals surface area contributed by atoms with Crippen LogP contribution in [0.1, 0.15) is 132 Å². The fraction of sp³-hybridized carbons (Fsp3) is 0.431. The van der Waals surface area contributed by atoms with Gasteiger partial charge in [-0.2, -0.15) is 0 Å². The number of carbonyl (C=O) groups excluding carboxylic acids is 5. The standard InChI is InChI=1S/C58H73N11O11/c1-7-61-57(77)54(60)68(53(59)44-30-42(34(3)4)46(70)32-48(44)72)36-12-16-38(17-13-36)79-41-23-28-67(29-24-41)52(76)20-25-63-50(74)10-9-11-51(75)66-26-21-40(22-27-66)80-39-18-14-37(15-19-39)69-55(64-65-56(69)58(78)62-8-2)45-31-43(35(5)6)47(71)33-49(45)73/h12-19,30-35,40-41,59-60,70-73H,7-11,20-29H2,1-6H3,(H,61,77)(H,62,78)(H,63,74). The molecule has 0 unspecified atom stereocenters. The van der Waals surface area contributed by atoms with Gasteiger partial charge in [0.05, 0.1) is 11.1 Å². The summed E-state index contributed by atoms with van der Waals surface area (Å²) in [7, 11) is 0. The summed E-state index contributed by atoms with van der Waals surface area (Å²) >= 11 is 0. The molecule has 22 nitrogen and oxygen atoms in total. The summed E-state index contributed by atoms with van der Waals surface area (Å²) in [6.07, 6.45) is 2.86. The lowest BCUT2D eigenvalue weighted by atomic mass is 9.98. The fourth-order valence-electron chi connectivity index (χ4n) is 9.70. The first-order valence-electron chi connectivity index (χ1n) is 27.3. The summed E-state index contributed by atoms with van der Waals surface area (Å²) in [6.45, 7) is 13.7. The molecule has 0 saturated carbocycles. The van der Waals surface area contributed by atoms with Gasteiger partial charge in [-0.05, 0) is 104 Å². The number of piperidine rings is 2. The summed E-state index contributed by atoms with van der Waals surface area (Å²) < 4.78 is 14.1. The molecule has 4 aromatic carbocycles. The maximum atomic E-state index is 13.1. The second-order valence-electron chi connectivity index (χ2n) is 20.4. The summed E-state index contributed by atoms with van der Waals surface area (Å²) in [4.78, 5) is 69.5. The number of benzene rings is 4. The SMILES string of the molecule is CCNC(=O)C(=N)N(C(=N)c1cc(C(C)C)c(O)cc1O)c1ccc(OC2CCN(C(=O)CCNC(=O)CCCC(=O)N3CCC(Oc4ccc(-n5c(C(=O)NCC)nnc5-c5cc(C(C)C)c(O)cc5O)cc4)CC3)CC2)cc1. The third kappa shape index (κ3) is 14.3. The molecule has 0 aliphatic carbocycles. The molecule has 9 N–H and O–H groups in total. The molecular weight excluding hydrogens is 1030 g/mol. The number of likely N-dealkylation sites (N-methyl/N-ethyl adjacent to an activating group) is 1. The van der Waals surface area contributed by atoms with E-state index < -0.39 is 17.6 Å². The molecule has 0 spiro atoms. The van der Waals surface area contributed by atoms with Crippen molar-refractivity contribution in [3.05, 3.63) is 95.3 Å². The Kier molecular flexibility index (Phi) is 19.7. The molecule has 22 heteroatoms. The van der Waals surface area contributed by atoms with E-state index in [0.29, 0.717) is 104 Å². The van der Waals surface area contributed by atoms with Crippen molar-refractivity contribution in [2.75, 3.05) is 50.7 Å². The quantitative estimate of drug-likeness (QED) is 0.0286. The predicted octanol–water partition coefficient (Wildman–Crippen LogP) is 6.81. The normalized spacial score (nSPS) is 13.9. The minimum atomic E-state index is -0.719. The number of aromatic nitrogens is 3. The Morgan fingerprint density at radius 2 is 1.18 bits per heavy atom. The van der Waals surface area contributed by atoms with Gasteiger partial charge in [0.1, 0.15) is 52.5 Å². The molecule has 0 atom stereocenters. The summed E-state index contributed by atoms with van der Waals surface area (Å²) in [5, 5.41) is 76.7. The number of nitrogens with one attached hydrogen (secondary N) is 5. The highest BCUT2D eigenvalue weighted by Crippen LogP contribution is 2.39. The maximum Gasteiger partial charge on any atom is 0.289 e. The number of carbonyl (C=O) groups is 5. The van der Waals surface area contributed by atoms with Crippen molar-refractivity contribution in [3.63, 3.8) is 0 Å². The van der Waals surface area contributed by atoms with Crippen molar-refractivity contribution >= 4 is 46.9 Å². The van der Waals surface area contributed by atoms with Gasteiger partial charge in [-0.15, -0.1) is 10.2 Å². The number of amidine groups is 2. The van der Waals surface area contributed by atoms with E-state index in [-0.39, 0.29) is 120 Å². The van der Waals surface area contributed by atoms with E-state index in [0.717, 1.165) is 11.0 Å². The second-order valence-corrected chi connectivity index (χ2v) is 20.4. The van der Waals surface area contributed by atoms with Crippen LogP contribution in [0.4, 0.5) is 5.69 Å². The van der Waals surface area contributed by atoms with Gasteiger partial charge in [0, 0.05) is 114 Å². The highest BCUT2D eigenvalue weighted by molar-refractivity contribution is 6.48. The molecule has 1 aromatic heterocycles. The van der Waals surface area contributed by atoms with Crippen molar-refractivity contribution < 1.29 is 53.9 Å². The zero-order valence-corrected chi connectivity index (χ0v) is 46.2. The summed E-state index contributed by atoms with van der Waals surface area (Å²) in [6, 6.07) is 19.2. The van der Waals surface area contributed by atoms with E-state index in [1.165, 1.54) is 12.1 Å². The molecule has 2 aliphatic heterocycles. The Morgan fingerprint density at radius 1 is 0.650 bits per heavy atom. The zero-order valence-electron chi connectivity index (χ0n) is 46.2. The summed E-state index contributed by atoms with van der Waals surface area (Å²) in [5.41, 5.74) is 2.27. The monoisotopic (exact) mass is 1100 g/mol. The maximum absolute atomic E-state index is 13.1. The number of hydrogen-bond acceptors (Lipinski definition) is 15. The number of phenolic OH excluding ortho intramolecular Hbond substituents is 4. The molecule has 3 heterocycles. The van der Waals surface area contributed by atoms with Crippen LogP contribution in [0.3, 0.4) is 0 Å². The number of anilines is 1. The number of aromatic hydroxyl groups is 4. The van der Waals surface area contributed by atoms with Crippen molar-refractivity contribution in [2.24, 2.45) is 0 Å². The molecule has 426 valence electrons. The zero-order chi connectivity index (χ0) is 57.8. The Morgan fingerprint density at radius 3 is 1.73 bits per heavy atom. The number of ether oxygens (including phenoxy) is 2. The lowest BCUT2D eigenvalue weighted by molar-refractivity contribution is -0.133. The molecule has 7 rings (SSSR count). The van der Waals surface area contributed by atoms with E-state index in [2.05, 4.69) is 26.1 Å². The van der Waals surface area contributed by atoms with Gasteiger partial charge < -0.3 is 55.7 Å². The number of nitrogens with zero attached hydrogens (tertiary/aromatic N) is 6. The fourth-order valence-corrected chi connectivity index (χ4v) is 9.70. The van der Waals surface area contributed by atoms with Crippen LogP contribution in [0.15, 0.2) is 72.8 Å². The second kappa shape index (κ2) is 26.8. The number of phenols is 4. The van der Waals surface area contributed by atoms with Crippen LogP contribution in [0.2, 0.25) is 0 Å². The third-order valence-corrected chi connectivity index (χ3v) is 14.1. The van der Waals surface area contributed by atoms with Crippen LogP contribution in [-0.4, -0.2) is 144 Å². The van der Waals surface area contributed by atoms with Crippen LogP contribution in [0.5, 0.6) is 34.5 Å². The van der Waals surface area contributed by atoms with Crippen molar-refractivity contribution in [1.29, 1.82) is 10.8 Å². The van der Waals surface area contributed by atoms with Crippen molar-refractivity contribution in [1.82, 2.24) is 40.5 Å². The average molecular weight is 1100 g/mol. The third-order valence-electron chi connectivity index (χ3n) is 14.1. The Bertz CT molecular complexity index is 3050. The number of amides is 5. The predicted molar refractivity (Wildman–Crippen MR) is 300 cm³/mol. The molecule has 0 radical (unpaired) electrons. The van der Waals surface area contributed by atoms with Gasteiger partial charge in [0.2, 0.25) is 23.5 Å². The van der Waals surface area contributed by atoms with Gasteiger partial charge >= 0.3 is 0 Å². The van der Waals surface area contributed by atoms with Crippen LogP contribution < -0.4 is 30.3 Å². The topological polar surface area (TPSA) is 309 Å². The highest BCUT2D eigenvalue weighted by Gasteiger charge is 2.30. The lowest BCUT2D eigenvalue weighted by Crippen LogP contribution is -2.46. The molecular formula is C58H73N11O11. The Hall–Kier alpha value is -8.69. The van der Waals surface area contributed by atoms with E-state index in [1.807, 2.05) is 27.7 Å². The van der Waals surface area contributed by atoms with Gasteiger partial charge in [0.25, 0.3) is 11.8 Å². The lowest BCUT2D eigenvalue weighted by Gasteiger charge is -2.32. The Balaban J connectivity index is 0.809. The van der Waals surface area contributed by atoms with E-state index in [4.69, 9.17) is 20.3 Å². The number of hydrogen-bond donors (Lipinski definition) is 9. The number of likely N-dealkylation sites (tertiary alicyclic amines) is 2. The van der Waals surface area contributed by atoms with Gasteiger partial charge in [-0.25, -0.2) is 0 Å². The molecule has 2 fully saturated rings. The first-order valence-corrected chi connectivity index (χ1v) is 27.3. The molecule has 0 bridgehead atoms. The van der Waals surface area contributed by atoms with Crippen LogP contribution in [0, 0.1) is 10.8 Å². The van der Waals surface area contributed by atoms with Gasteiger partial charge in [-0.1, -0.05) is 27.7 Å². The minimum Gasteiger partial charge on any atom is -0.508 e. The summed E-state index contributed by atoms with van der Waals surface area (Å²) in [5.74, 6) is -2.04. The van der Waals surface area contributed by atoms with E-state index in [9.17, 15) is 44.4 Å². The highest BCUT2D eigenvalue weighted by atomic mass is 16.5. The van der Waals surface area contributed by atoms with E-state index in [1.54, 1.807) is 82.8 Å². The van der Waals surface area contributed by atoms with Crippen LogP contribution >= 0.6 is 0 Å². The molecule has 5 aromatic rings. The van der Waals surface area contributed by atoms with Gasteiger partial charge in [0.15, 0.2) is 11.7 Å². The average Bonchev–Trinajstić information content (AvgIpc) is 3.93. The van der Waals surface area contributed by atoms with Crippen LogP contribution in [-0.2, 0) is 19.2 Å². The number of rotatable bonds is 20. The van der Waals surface area contributed by atoms with E-state index >= 15 is 0 Å².